The van der Waals surface area contributed by atoms with E-state index in [9.17, 15) is 5.11 Å². The van der Waals surface area contributed by atoms with Crippen LogP contribution in [-0.2, 0) is 4.74 Å². The van der Waals surface area contributed by atoms with Crippen LogP contribution >= 0.6 is 0 Å². The van der Waals surface area contributed by atoms with Gasteiger partial charge in [0.1, 0.15) is 5.60 Å². The lowest BCUT2D eigenvalue weighted by atomic mass is 9.57. The highest BCUT2D eigenvalue weighted by atomic mass is 16.5. The van der Waals surface area contributed by atoms with Gasteiger partial charge in [-0.05, 0) is 44.1 Å². The van der Waals surface area contributed by atoms with E-state index >= 15 is 0 Å². The van der Waals surface area contributed by atoms with Gasteiger partial charge < -0.3 is 9.84 Å². The lowest BCUT2D eigenvalue weighted by Crippen LogP contribution is -2.59. The Balaban J connectivity index is 2.07. The second-order valence-electron chi connectivity index (χ2n) is 6.85. The molecule has 0 spiro atoms. The SMILES string of the molecule is CC1=CC2C(C(C)C)CCC3(C)OC1CC23O. The van der Waals surface area contributed by atoms with Gasteiger partial charge in [-0.2, -0.15) is 0 Å². The molecule has 96 valence electrons. The predicted molar refractivity (Wildman–Crippen MR) is 67.7 cm³/mol. The first-order valence-corrected chi connectivity index (χ1v) is 6.96. The van der Waals surface area contributed by atoms with Crippen molar-refractivity contribution in [2.24, 2.45) is 17.8 Å². The van der Waals surface area contributed by atoms with Crippen molar-refractivity contribution in [3.05, 3.63) is 11.6 Å². The van der Waals surface area contributed by atoms with E-state index in [2.05, 4.69) is 33.8 Å². The fourth-order valence-electron chi connectivity index (χ4n) is 4.35. The summed E-state index contributed by atoms with van der Waals surface area (Å²) in [4.78, 5) is 0. The quantitative estimate of drug-likeness (QED) is 0.709. The summed E-state index contributed by atoms with van der Waals surface area (Å²) in [5.41, 5.74) is 0.391. The molecule has 3 aliphatic rings. The van der Waals surface area contributed by atoms with Gasteiger partial charge in [-0.15, -0.1) is 0 Å². The molecule has 0 aromatic heterocycles. The molecule has 5 atom stereocenters. The van der Waals surface area contributed by atoms with Crippen LogP contribution in [0.3, 0.4) is 0 Å². The van der Waals surface area contributed by atoms with E-state index in [1.165, 1.54) is 12.0 Å². The Kier molecular flexibility index (Phi) is 2.32. The first kappa shape index (κ1) is 11.7. The number of ether oxygens (including phenoxy) is 1. The average molecular weight is 236 g/mol. The van der Waals surface area contributed by atoms with Crippen molar-refractivity contribution in [1.29, 1.82) is 0 Å². The lowest BCUT2D eigenvalue weighted by molar-refractivity contribution is -0.171. The van der Waals surface area contributed by atoms with Gasteiger partial charge in [-0.25, -0.2) is 0 Å². The Morgan fingerprint density at radius 1 is 1.47 bits per heavy atom. The molecule has 0 radical (unpaired) electrons. The van der Waals surface area contributed by atoms with Crippen LogP contribution in [0, 0.1) is 17.8 Å². The molecule has 1 saturated heterocycles. The Hall–Kier alpha value is -0.340. The molecule has 2 bridgehead atoms. The molecule has 2 aliphatic carbocycles. The van der Waals surface area contributed by atoms with Crippen molar-refractivity contribution in [3.63, 3.8) is 0 Å². The normalized spacial score (nSPS) is 52.8. The van der Waals surface area contributed by atoms with Gasteiger partial charge in [0, 0.05) is 12.3 Å². The van der Waals surface area contributed by atoms with E-state index < -0.39 is 5.60 Å². The topological polar surface area (TPSA) is 29.5 Å². The van der Waals surface area contributed by atoms with Crippen molar-refractivity contribution in [2.45, 2.75) is 64.3 Å². The highest BCUT2D eigenvalue weighted by molar-refractivity contribution is 5.28. The van der Waals surface area contributed by atoms with Crippen LogP contribution < -0.4 is 0 Å². The van der Waals surface area contributed by atoms with E-state index in [1.54, 1.807) is 0 Å². The Morgan fingerprint density at radius 2 is 2.18 bits per heavy atom. The zero-order valence-electron chi connectivity index (χ0n) is 11.4. The highest BCUT2D eigenvalue weighted by Gasteiger charge is 2.65. The van der Waals surface area contributed by atoms with Gasteiger partial charge in [0.15, 0.2) is 0 Å². The van der Waals surface area contributed by atoms with Gasteiger partial charge in [-0.3, -0.25) is 0 Å². The van der Waals surface area contributed by atoms with Crippen molar-refractivity contribution in [2.75, 3.05) is 0 Å². The van der Waals surface area contributed by atoms with E-state index in [0.29, 0.717) is 17.8 Å². The van der Waals surface area contributed by atoms with Crippen molar-refractivity contribution in [3.8, 4) is 0 Å². The smallest absolute Gasteiger partial charge is 0.103 e. The van der Waals surface area contributed by atoms with Crippen LogP contribution in [0.2, 0.25) is 0 Å². The third-order valence-corrected chi connectivity index (χ3v) is 5.59. The monoisotopic (exact) mass is 236 g/mol. The molecular weight excluding hydrogens is 212 g/mol. The van der Waals surface area contributed by atoms with Crippen molar-refractivity contribution < 1.29 is 9.84 Å². The lowest BCUT2D eigenvalue weighted by Gasteiger charge is -2.51. The van der Waals surface area contributed by atoms with Gasteiger partial charge in [0.05, 0.1) is 11.7 Å². The summed E-state index contributed by atoms with van der Waals surface area (Å²) >= 11 is 0. The molecule has 1 heterocycles. The standard InChI is InChI=1S/C15H24O2/c1-9(2)11-5-6-14(4)15(16)8-13(17-14)10(3)7-12(11)15/h7,9,11-13,16H,5-6,8H2,1-4H3. The first-order valence-electron chi connectivity index (χ1n) is 6.96. The minimum absolute atomic E-state index is 0.159. The molecule has 3 rings (SSSR count). The first-order chi connectivity index (χ1) is 7.87. The van der Waals surface area contributed by atoms with Gasteiger partial charge in [0.25, 0.3) is 0 Å². The predicted octanol–water partition coefficient (Wildman–Crippen LogP) is 2.91. The Morgan fingerprint density at radius 3 is 2.82 bits per heavy atom. The molecule has 0 aromatic carbocycles. The van der Waals surface area contributed by atoms with Crippen LogP contribution in [0.1, 0.15) is 47.0 Å². The van der Waals surface area contributed by atoms with Crippen LogP contribution in [-0.4, -0.2) is 22.4 Å². The maximum atomic E-state index is 11.1. The third kappa shape index (κ3) is 1.34. The maximum absolute atomic E-state index is 11.1. The summed E-state index contributed by atoms with van der Waals surface area (Å²) in [7, 11) is 0. The van der Waals surface area contributed by atoms with Gasteiger partial charge in [0.2, 0.25) is 0 Å². The number of aliphatic hydroxyl groups is 1. The van der Waals surface area contributed by atoms with Crippen LogP contribution in [0.5, 0.6) is 0 Å². The highest BCUT2D eigenvalue weighted by Crippen LogP contribution is 2.59. The summed E-state index contributed by atoms with van der Waals surface area (Å²) in [6.45, 7) is 8.83. The van der Waals surface area contributed by atoms with Crippen LogP contribution in [0.25, 0.3) is 0 Å². The fourth-order valence-corrected chi connectivity index (χ4v) is 4.35. The second-order valence-corrected chi connectivity index (χ2v) is 6.85. The van der Waals surface area contributed by atoms with E-state index in [-0.39, 0.29) is 11.7 Å². The zero-order chi connectivity index (χ0) is 12.4. The fraction of sp³-hybridized carbons (Fsp3) is 0.867. The molecule has 1 N–H and O–H groups in total. The molecule has 2 heteroatoms. The number of fused-ring (bicyclic) bond motifs is 1. The largest absolute Gasteiger partial charge is 0.386 e. The summed E-state index contributed by atoms with van der Waals surface area (Å²) in [6, 6.07) is 0. The molecule has 17 heavy (non-hydrogen) atoms. The third-order valence-electron chi connectivity index (χ3n) is 5.59. The van der Waals surface area contributed by atoms with Gasteiger partial charge >= 0.3 is 0 Å². The molecule has 2 fully saturated rings. The van der Waals surface area contributed by atoms with E-state index in [4.69, 9.17) is 4.74 Å². The molecule has 5 unspecified atom stereocenters. The summed E-state index contributed by atoms with van der Waals surface area (Å²) < 4.78 is 6.17. The Labute approximate surface area is 104 Å². The van der Waals surface area contributed by atoms with Gasteiger partial charge in [-0.1, -0.05) is 19.9 Å². The number of rotatable bonds is 1. The average Bonchev–Trinajstić information content (AvgIpc) is 2.49. The van der Waals surface area contributed by atoms with Crippen molar-refractivity contribution in [1.82, 2.24) is 0 Å². The second kappa shape index (κ2) is 3.36. The molecule has 1 saturated carbocycles. The molecular formula is C15H24O2. The molecule has 0 amide bonds. The molecule has 2 nitrogen and oxygen atoms in total. The van der Waals surface area contributed by atoms with Crippen LogP contribution in [0.15, 0.2) is 11.6 Å². The summed E-state index contributed by atoms with van der Waals surface area (Å²) in [5, 5.41) is 11.1. The maximum Gasteiger partial charge on any atom is 0.103 e. The summed E-state index contributed by atoms with van der Waals surface area (Å²) in [5.74, 6) is 1.53. The Bertz CT molecular complexity index is 373. The van der Waals surface area contributed by atoms with E-state index in [1.807, 2.05) is 0 Å². The molecule has 0 aromatic rings. The number of hydrogen-bond donors (Lipinski definition) is 1. The summed E-state index contributed by atoms with van der Waals surface area (Å²) in [6.07, 6.45) is 5.45. The minimum atomic E-state index is -0.621. The zero-order valence-corrected chi connectivity index (χ0v) is 11.4. The van der Waals surface area contributed by atoms with Crippen molar-refractivity contribution >= 4 is 0 Å². The molecule has 1 aliphatic heterocycles. The van der Waals surface area contributed by atoms with Crippen LogP contribution in [0.4, 0.5) is 0 Å². The minimum Gasteiger partial charge on any atom is -0.386 e. The van der Waals surface area contributed by atoms with E-state index in [0.717, 1.165) is 12.8 Å². The number of hydrogen-bond acceptors (Lipinski definition) is 2.